The lowest BCUT2D eigenvalue weighted by atomic mass is 10.2. The van der Waals surface area contributed by atoms with E-state index < -0.39 is 0 Å². The summed E-state index contributed by atoms with van der Waals surface area (Å²) in [4.78, 5) is 0. The van der Waals surface area contributed by atoms with Crippen molar-refractivity contribution in [2.24, 2.45) is 7.05 Å². The molecule has 0 unspecified atom stereocenters. The fourth-order valence-electron chi connectivity index (χ4n) is 2.14. The Hall–Kier alpha value is -1.59. The summed E-state index contributed by atoms with van der Waals surface area (Å²) >= 11 is 11.3. The quantitative estimate of drug-likeness (QED) is 0.849. The number of hydrogen-bond donors (Lipinski definition) is 2. The van der Waals surface area contributed by atoms with Crippen LogP contribution in [0.5, 0.6) is 0 Å². The SMILES string of the molecule is Cc1ccc(Cl)cc1NC(=S)NCc1c(C)nn(C)c1C. The van der Waals surface area contributed by atoms with E-state index in [0.29, 0.717) is 16.7 Å². The topological polar surface area (TPSA) is 41.9 Å². The molecule has 2 rings (SSSR count). The van der Waals surface area contributed by atoms with Crippen LogP contribution in [0.4, 0.5) is 5.69 Å². The summed E-state index contributed by atoms with van der Waals surface area (Å²) < 4.78 is 1.88. The van der Waals surface area contributed by atoms with Gasteiger partial charge in [0.15, 0.2) is 5.11 Å². The van der Waals surface area contributed by atoms with Crippen molar-refractivity contribution in [1.82, 2.24) is 15.1 Å². The number of nitrogens with zero attached hydrogens (tertiary/aromatic N) is 2. The van der Waals surface area contributed by atoms with E-state index in [9.17, 15) is 0 Å². The van der Waals surface area contributed by atoms with Gasteiger partial charge in [-0.05, 0) is 50.7 Å². The third kappa shape index (κ3) is 3.74. The average molecular weight is 323 g/mol. The van der Waals surface area contributed by atoms with Crippen molar-refractivity contribution in [3.63, 3.8) is 0 Å². The van der Waals surface area contributed by atoms with Gasteiger partial charge in [0, 0.05) is 35.6 Å². The molecule has 6 heteroatoms. The zero-order chi connectivity index (χ0) is 15.6. The molecule has 0 atom stereocenters. The Balaban J connectivity index is 2.01. The number of nitrogens with one attached hydrogen (secondary N) is 2. The summed E-state index contributed by atoms with van der Waals surface area (Å²) in [5.74, 6) is 0. The molecule has 0 fully saturated rings. The zero-order valence-electron chi connectivity index (χ0n) is 12.6. The Kier molecular flexibility index (Phi) is 4.85. The molecule has 0 aliphatic rings. The number of anilines is 1. The largest absolute Gasteiger partial charge is 0.358 e. The van der Waals surface area contributed by atoms with E-state index in [1.165, 1.54) is 5.56 Å². The van der Waals surface area contributed by atoms with Gasteiger partial charge < -0.3 is 10.6 Å². The van der Waals surface area contributed by atoms with Crippen LogP contribution < -0.4 is 10.6 Å². The number of thiocarbonyl (C=S) groups is 1. The highest BCUT2D eigenvalue weighted by Gasteiger charge is 2.09. The van der Waals surface area contributed by atoms with Crippen molar-refractivity contribution >= 4 is 34.6 Å². The van der Waals surface area contributed by atoms with Crippen molar-refractivity contribution in [2.75, 3.05) is 5.32 Å². The fourth-order valence-corrected chi connectivity index (χ4v) is 2.49. The number of halogens is 1. The van der Waals surface area contributed by atoms with Crippen molar-refractivity contribution in [1.29, 1.82) is 0 Å². The number of benzene rings is 1. The molecule has 112 valence electrons. The number of aromatic nitrogens is 2. The van der Waals surface area contributed by atoms with Crippen LogP contribution in [0.25, 0.3) is 0 Å². The minimum atomic E-state index is 0.572. The van der Waals surface area contributed by atoms with Gasteiger partial charge in [-0.1, -0.05) is 17.7 Å². The monoisotopic (exact) mass is 322 g/mol. The van der Waals surface area contributed by atoms with Gasteiger partial charge in [-0.2, -0.15) is 5.10 Å². The van der Waals surface area contributed by atoms with Crippen LogP contribution >= 0.6 is 23.8 Å². The van der Waals surface area contributed by atoms with Gasteiger partial charge in [-0.25, -0.2) is 0 Å². The molecule has 0 spiro atoms. The van der Waals surface area contributed by atoms with Gasteiger partial charge >= 0.3 is 0 Å². The Bertz CT molecular complexity index is 679. The Morgan fingerprint density at radius 3 is 2.67 bits per heavy atom. The third-order valence-electron chi connectivity index (χ3n) is 3.53. The maximum absolute atomic E-state index is 6.00. The zero-order valence-corrected chi connectivity index (χ0v) is 14.2. The third-order valence-corrected chi connectivity index (χ3v) is 4.01. The standard InChI is InChI=1S/C15H19ClN4S/c1-9-5-6-12(16)7-14(9)18-15(21)17-8-13-10(2)19-20(4)11(13)3/h5-7H,8H2,1-4H3,(H2,17,18,21). The first kappa shape index (κ1) is 15.8. The highest BCUT2D eigenvalue weighted by atomic mass is 35.5. The van der Waals surface area contributed by atoms with Gasteiger partial charge in [0.1, 0.15) is 0 Å². The van der Waals surface area contributed by atoms with Gasteiger partial charge in [0.2, 0.25) is 0 Å². The van der Waals surface area contributed by atoms with E-state index >= 15 is 0 Å². The molecule has 0 aliphatic carbocycles. The van der Waals surface area contributed by atoms with Crippen LogP contribution in [0, 0.1) is 20.8 Å². The summed E-state index contributed by atoms with van der Waals surface area (Å²) in [6.07, 6.45) is 0. The molecule has 0 aliphatic heterocycles. The molecule has 2 aromatic rings. The molecule has 1 aromatic heterocycles. The van der Waals surface area contributed by atoms with Crippen LogP contribution in [-0.2, 0) is 13.6 Å². The number of rotatable bonds is 3. The summed E-state index contributed by atoms with van der Waals surface area (Å²) in [5, 5.41) is 12.0. The molecule has 0 saturated heterocycles. The minimum Gasteiger partial charge on any atom is -0.358 e. The predicted octanol–water partition coefficient (Wildman–Crippen LogP) is 3.49. The van der Waals surface area contributed by atoms with Crippen molar-refractivity contribution < 1.29 is 0 Å². The van der Waals surface area contributed by atoms with E-state index in [4.69, 9.17) is 23.8 Å². The maximum atomic E-state index is 6.00. The number of aryl methyl sites for hydroxylation is 3. The van der Waals surface area contributed by atoms with Crippen molar-refractivity contribution in [3.8, 4) is 0 Å². The molecule has 0 radical (unpaired) electrons. The molecular weight excluding hydrogens is 304 g/mol. The molecular formula is C15H19ClN4S. The summed E-state index contributed by atoms with van der Waals surface area (Å²) in [5.41, 5.74) is 5.34. The van der Waals surface area contributed by atoms with Crippen molar-refractivity contribution in [3.05, 3.63) is 45.7 Å². The first-order chi connectivity index (χ1) is 9.88. The molecule has 0 bridgehead atoms. The lowest BCUT2D eigenvalue weighted by molar-refractivity contribution is 0.729. The first-order valence-electron chi connectivity index (χ1n) is 6.68. The van der Waals surface area contributed by atoms with Crippen LogP contribution in [-0.4, -0.2) is 14.9 Å². The van der Waals surface area contributed by atoms with Crippen LogP contribution in [0.1, 0.15) is 22.5 Å². The Morgan fingerprint density at radius 2 is 2.05 bits per heavy atom. The van der Waals surface area contributed by atoms with E-state index in [-0.39, 0.29) is 0 Å². The second kappa shape index (κ2) is 6.45. The van der Waals surface area contributed by atoms with E-state index in [1.807, 2.05) is 43.8 Å². The van der Waals surface area contributed by atoms with Gasteiger partial charge in [-0.15, -0.1) is 0 Å². The lowest BCUT2D eigenvalue weighted by Gasteiger charge is -2.13. The van der Waals surface area contributed by atoms with E-state index in [0.717, 1.165) is 22.6 Å². The second-order valence-electron chi connectivity index (χ2n) is 5.04. The Morgan fingerprint density at radius 1 is 1.33 bits per heavy atom. The molecule has 1 aromatic carbocycles. The fraction of sp³-hybridized carbons (Fsp3) is 0.333. The molecule has 0 amide bonds. The van der Waals surface area contributed by atoms with Gasteiger partial charge in [0.05, 0.1) is 5.69 Å². The molecule has 2 N–H and O–H groups in total. The summed E-state index contributed by atoms with van der Waals surface area (Å²) in [6.45, 7) is 6.71. The molecule has 0 saturated carbocycles. The van der Waals surface area contributed by atoms with Crippen molar-refractivity contribution in [2.45, 2.75) is 27.3 Å². The normalized spacial score (nSPS) is 10.5. The lowest BCUT2D eigenvalue weighted by Crippen LogP contribution is -2.28. The maximum Gasteiger partial charge on any atom is 0.171 e. The summed E-state index contributed by atoms with van der Waals surface area (Å²) in [6, 6.07) is 5.69. The highest BCUT2D eigenvalue weighted by molar-refractivity contribution is 7.80. The van der Waals surface area contributed by atoms with Crippen LogP contribution in [0.3, 0.4) is 0 Å². The van der Waals surface area contributed by atoms with E-state index in [2.05, 4.69) is 22.7 Å². The Labute approximate surface area is 135 Å². The van der Waals surface area contributed by atoms with E-state index in [1.54, 1.807) is 0 Å². The van der Waals surface area contributed by atoms with Gasteiger partial charge in [-0.3, -0.25) is 4.68 Å². The second-order valence-corrected chi connectivity index (χ2v) is 5.88. The van der Waals surface area contributed by atoms with Crippen LogP contribution in [0.15, 0.2) is 18.2 Å². The highest BCUT2D eigenvalue weighted by Crippen LogP contribution is 2.20. The number of hydrogen-bond acceptors (Lipinski definition) is 2. The molecule has 4 nitrogen and oxygen atoms in total. The van der Waals surface area contributed by atoms with Gasteiger partial charge in [0.25, 0.3) is 0 Å². The smallest absolute Gasteiger partial charge is 0.171 e. The molecule has 21 heavy (non-hydrogen) atoms. The molecule has 1 heterocycles. The van der Waals surface area contributed by atoms with Crippen LogP contribution in [0.2, 0.25) is 5.02 Å². The minimum absolute atomic E-state index is 0.572. The average Bonchev–Trinajstić information content (AvgIpc) is 2.66. The first-order valence-corrected chi connectivity index (χ1v) is 7.47. The summed E-state index contributed by atoms with van der Waals surface area (Å²) in [7, 11) is 1.94. The predicted molar refractivity (Wildman–Crippen MR) is 91.9 cm³/mol.